The first-order valence-corrected chi connectivity index (χ1v) is 11.7. The summed E-state index contributed by atoms with van der Waals surface area (Å²) in [4.78, 5) is 28.3. The number of carbonyl (C=O) groups is 1. The van der Waals surface area contributed by atoms with Crippen molar-refractivity contribution in [2.24, 2.45) is 0 Å². The second kappa shape index (κ2) is 8.05. The quantitative estimate of drug-likeness (QED) is 0.453. The fourth-order valence-electron chi connectivity index (χ4n) is 4.03. The molecular formula is C21H20N4O7S. The van der Waals surface area contributed by atoms with Crippen molar-refractivity contribution in [3.8, 4) is 11.5 Å². The fourth-order valence-corrected chi connectivity index (χ4v) is 5.47. The van der Waals surface area contributed by atoms with Gasteiger partial charge in [0.05, 0.1) is 15.4 Å². The molecule has 0 bridgehead atoms. The second-order valence-electron chi connectivity index (χ2n) is 7.69. The summed E-state index contributed by atoms with van der Waals surface area (Å²) in [6.45, 7) is 1.43. The zero-order chi connectivity index (χ0) is 23.2. The van der Waals surface area contributed by atoms with Crippen LogP contribution in [0.15, 0.2) is 47.5 Å². The van der Waals surface area contributed by atoms with E-state index in [2.05, 4.69) is 4.98 Å². The van der Waals surface area contributed by atoms with E-state index in [1.54, 1.807) is 17.0 Å². The lowest BCUT2D eigenvalue weighted by Crippen LogP contribution is -2.50. The topological polar surface area (TPSA) is 135 Å². The number of aromatic nitrogens is 1. The third-order valence-corrected chi connectivity index (χ3v) is 7.68. The minimum absolute atomic E-state index is 0.105. The molecule has 1 aromatic heterocycles. The number of non-ortho nitro benzene ring substituents is 1. The molecule has 0 saturated carbocycles. The highest BCUT2D eigenvalue weighted by atomic mass is 32.2. The first-order chi connectivity index (χ1) is 15.8. The highest BCUT2D eigenvalue weighted by Crippen LogP contribution is 2.33. The summed E-state index contributed by atoms with van der Waals surface area (Å²) >= 11 is 0. The van der Waals surface area contributed by atoms with Crippen LogP contribution in [-0.4, -0.2) is 72.8 Å². The largest absolute Gasteiger partial charge is 0.486 e. The van der Waals surface area contributed by atoms with E-state index >= 15 is 0 Å². The molecule has 3 heterocycles. The van der Waals surface area contributed by atoms with Crippen molar-refractivity contribution in [1.82, 2.24) is 14.2 Å². The van der Waals surface area contributed by atoms with Gasteiger partial charge in [-0.3, -0.25) is 14.9 Å². The van der Waals surface area contributed by atoms with Crippen LogP contribution in [0.2, 0.25) is 0 Å². The van der Waals surface area contributed by atoms with Crippen LogP contribution in [0.3, 0.4) is 0 Å². The van der Waals surface area contributed by atoms with Crippen molar-refractivity contribution in [1.29, 1.82) is 0 Å². The summed E-state index contributed by atoms with van der Waals surface area (Å²) in [5.41, 5.74) is 0.826. The van der Waals surface area contributed by atoms with Gasteiger partial charge in [-0.1, -0.05) is 0 Å². The number of fused-ring (bicyclic) bond motifs is 2. The standard InChI is InChI=1S/C21H20N4O7S/c26-21(17-13-22-18-3-1-14(25(27)28)11-16(17)18)23-5-7-24(8-6-23)33(29,30)15-2-4-19-20(12-15)32-10-9-31-19/h1-4,11-13,22H,5-10H2. The van der Waals surface area contributed by atoms with Gasteiger partial charge in [-0.05, 0) is 18.2 Å². The molecule has 0 atom stereocenters. The van der Waals surface area contributed by atoms with Crippen LogP contribution in [0.25, 0.3) is 10.9 Å². The first-order valence-electron chi connectivity index (χ1n) is 10.3. The number of benzene rings is 2. The Kier molecular flexibility index (Phi) is 5.17. The number of carbonyl (C=O) groups excluding carboxylic acids is 1. The fraction of sp³-hybridized carbons (Fsp3) is 0.286. The van der Waals surface area contributed by atoms with E-state index in [1.165, 1.54) is 34.8 Å². The first kappa shape index (κ1) is 21.2. The lowest BCUT2D eigenvalue weighted by atomic mass is 10.1. The number of sulfonamides is 1. The molecule has 172 valence electrons. The molecule has 1 N–H and O–H groups in total. The maximum Gasteiger partial charge on any atom is 0.270 e. The number of nitro benzene ring substituents is 1. The summed E-state index contributed by atoms with van der Waals surface area (Å²) in [5.74, 6) is 0.595. The van der Waals surface area contributed by atoms with Crippen molar-refractivity contribution in [2.75, 3.05) is 39.4 Å². The lowest BCUT2D eigenvalue weighted by Gasteiger charge is -2.34. The Morgan fingerprint density at radius 3 is 2.45 bits per heavy atom. The van der Waals surface area contributed by atoms with Crippen LogP contribution in [0.4, 0.5) is 5.69 Å². The number of amides is 1. The van der Waals surface area contributed by atoms with Crippen molar-refractivity contribution in [2.45, 2.75) is 4.90 Å². The van der Waals surface area contributed by atoms with Crippen molar-refractivity contribution >= 4 is 32.5 Å². The number of hydrogen-bond acceptors (Lipinski definition) is 7. The summed E-state index contributed by atoms with van der Waals surface area (Å²) in [5, 5.41) is 11.6. The van der Waals surface area contributed by atoms with Gasteiger partial charge in [0.15, 0.2) is 11.5 Å². The Morgan fingerprint density at radius 1 is 1.00 bits per heavy atom. The van der Waals surface area contributed by atoms with Gasteiger partial charge in [0, 0.05) is 61.5 Å². The molecule has 11 nitrogen and oxygen atoms in total. The van der Waals surface area contributed by atoms with E-state index in [0.29, 0.717) is 41.2 Å². The van der Waals surface area contributed by atoms with Gasteiger partial charge >= 0.3 is 0 Å². The lowest BCUT2D eigenvalue weighted by molar-refractivity contribution is -0.384. The van der Waals surface area contributed by atoms with Gasteiger partial charge in [0.1, 0.15) is 13.2 Å². The maximum atomic E-state index is 13.1. The molecule has 3 aromatic rings. The van der Waals surface area contributed by atoms with E-state index in [0.717, 1.165) is 0 Å². The monoisotopic (exact) mass is 472 g/mol. The van der Waals surface area contributed by atoms with Crippen molar-refractivity contribution in [3.05, 3.63) is 58.3 Å². The number of nitrogens with one attached hydrogen (secondary N) is 1. The summed E-state index contributed by atoms with van der Waals surface area (Å²) in [7, 11) is -3.77. The van der Waals surface area contributed by atoms with Crippen LogP contribution in [0.1, 0.15) is 10.4 Å². The van der Waals surface area contributed by atoms with Crippen LogP contribution < -0.4 is 9.47 Å². The van der Waals surface area contributed by atoms with Gasteiger partial charge in [0.2, 0.25) is 10.0 Å². The van der Waals surface area contributed by atoms with Crippen LogP contribution in [-0.2, 0) is 10.0 Å². The molecule has 1 amide bonds. The Bertz CT molecular complexity index is 1360. The Morgan fingerprint density at radius 2 is 1.73 bits per heavy atom. The number of ether oxygens (including phenoxy) is 2. The SMILES string of the molecule is O=C(c1c[nH]c2ccc([N+](=O)[O-])cc12)N1CCN(S(=O)(=O)c2ccc3c(c2)OCCO3)CC1. The zero-order valence-electron chi connectivity index (χ0n) is 17.4. The van der Waals surface area contributed by atoms with Crippen LogP contribution in [0, 0.1) is 10.1 Å². The van der Waals surface area contributed by atoms with Gasteiger partial charge in [-0.15, -0.1) is 0 Å². The highest BCUT2D eigenvalue weighted by Gasteiger charge is 2.32. The molecule has 1 saturated heterocycles. The number of hydrogen-bond donors (Lipinski definition) is 1. The molecule has 12 heteroatoms. The molecule has 0 aliphatic carbocycles. The van der Waals surface area contributed by atoms with E-state index in [-0.39, 0.29) is 42.7 Å². The summed E-state index contributed by atoms with van der Waals surface area (Å²) in [6, 6.07) is 8.81. The van der Waals surface area contributed by atoms with Crippen molar-refractivity contribution < 1.29 is 27.6 Å². The third kappa shape index (κ3) is 3.76. The summed E-state index contributed by atoms with van der Waals surface area (Å²) < 4.78 is 38.5. The molecule has 0 radical (unpaired) electrons. The second-order valence-corrected chi connectivity index (χ2v) is 9.63. The van der Waals surface area contributed by atoms with Gasteiger partial charge < -0.3 is 19.4 Å². The number of rotatable bonds is 4. The Hall–Kier alpha value is -3.64. The molecule has 33 heavy (non-hydrogen) atoms. The van der Waals surface area contributed by atoms with Crippen LogP contribution >= 0.6 is 0 Å². The van der Waals surface area contributed by atoms with E-state index in [9.17, 15) is 23.3 Å². The minimum Gasteiger partial charge on any atom is -0.486 e. The average Bonchev–Trinajstić information content (AvgIpc) is 3.26. The molecule has 2 aliphatic rings. The number of nitro groups is 1. The molecular weight excluding hydrogens is 452 g/mol. The Balaban J connectivity index is 1.32. The molecule has 0 unspecified atom stereocenters. The summed E-state index contributed by atoms with van der Waals surface area (Å²) in [6.07, 6.45) is 1.52. The third-order valence-electron chi connectivity index (χ3n) is 5.78. The van der Waals surface area contributed by atoms with E-state index in [4.69, 9.17) is 9.47 Å². The number of nitrogens with zero attached hydrogens (tertiary/aromatic N) is 3. The van der Waals surface area contributed by atoms with Gasteiger partial charge in [-0.2, -0.15) is 4.31 Å². The zero-order valence-corrected chi connectivity index (χ0v) is 18.2. The molecule has 1 fully saturated rings. The van der Waals surface area contributed by atoms with Crippen LogP contribution in [0.5, 0.6) is 11.5 Å². The highest BCUT2D eigenvalue weighted by molar-refractivity contribution is 7.89. The average molecular weight is 472 g/mol. The van der Waals surface area contributed by atoms with E-state index < -0.39 is 14.9 Å². The van der Waals surface area contributed by atoms with E-state index in [1.807, 2.05) is 0 Å². The number of aromatic amines is 1. The van der Waals surface area contributed by atoms with Crippen molar-refractivity contribution in [3.63, 3.8) is 0 Å². The molecule has 5 rings (SSSR count). The number of piperazine rings is 1. The van der Waals surface area contributed by atoms with Gasteiger partial charge in [0.25, 0.3) is 11.6 Å². The number of H-pyrrole nitrogens is 1. The smallest absolute Gasteiger partial charge is 0.270 e. The maximum absolute atomic E-state index is 13.1. The molecule has 2 aliphatic heterocycles. The minimum atomic E-state index is -3.77. The molecule has 2 aromatic carbocycles. The molecule has 0 spiro atoms. The normalized spacial score (nSPS) is 16.7. The predicted octanol–water partition coefficient (Wildman–Crippen LogP) is 1.99. The van der Waals surface area contributed by atoms with Gasteiger partial charge in [-0.25, -0.2) is 8.42 Å². The Labute approximate surface area is 188 Å². The predicted molar refractivity (Wildman–Crippen MR) is 117 cm³/mol.